The number of oxazole rings is 1. The number of hydrogen-bond donors (Lipinski definition) is 0. The summed E-state index contributed by atoms with van der Waals surface area (Å²) in [6, 6.07) is 0.800. The maximum absolute atomic E-state index is 5.32. The lowest BCUT2D eigenvalue weighted by atomic mass is 10.5. The van der Waals surface area contributed by atoms with Gasteiger partial charge in [0.05, 0.1) is 0 Å². The van der Waals surface area contributed by atoms with Crippen LogP contribution in [0.15, 0.2) is 23.3 Å². The van der Waals surface area contributed by atoms with Crippen LogP contribution in [0.2, 0.25) is 6.04 Å². The lowest BCUT2D eigenvalue weighted by Gasteiger charge is -2.23. The third-order valence-corrected chi connectivity index (χ3v) is 5.19. The van der Waals surface area contributed by atoms with Crippen molar-refractivity contribution in [3.63, 3.8) is 0 Å². The summed E-state index contributed by atoms with van der Waals surface area (Å²) in [5, 5.41) is 0. The molecule has 0 radical (unpaired) electrons. The van der Waals surface area contributed by atoms with Crippen LogP contribution >= 0.6 is 0 Å². The van der Waals surface area contributed by atoms with E-state index in [0.717, 1.165) is 19.0 Å². The predicted molar refractivity (Wildman–Crippen MR) is 55.1 cm³/mol. The molecule has 0 N–H and O–H groups in total. The van der Waals surface area contributed by atoms with Crippen LogP contribution < -0.4 is 4.57 Å². The Morgan fingerprint density at radius 1 is 1.20 bits per heavy atom. The zero-order valence-corrected chi connectivity index (χ0v) is 10.4. The van der Waals surface area contributed by atoms with Gasteiger partial charge in [-0.3, -0.25) is 0 Å². The molecule has 5 nitrogen and oxygen atoms in total. The molecule has 15 heavy (non-hydrogen) atoms. The Hall–Kier alpha value is -0.693. The van der Waals surface area contributed by atoms with Gasteiger partial charge in [0.2, 0.25) is 6.20 Å². The molecule has 0 aromatic carbocycles. The van der Waals surface area contributed by atoms with Crippen LogP contribution in [0.3, 0.4) is 0 Å². The summed E-state index contributed by atoms with van der Waals surface area (Å²) >= 11 is 0. The SMILES string of the molecule is CO[Si](CCC[n+]1ccoc1)(OC)OC. The van der Waals surface area contributed by atoms with E-state index in [2.05, 4.69) is 0 Å². The van der Waals surface area contributed by atoms with Gasteiger partial charge >= 0.3 is 15.2 Å². The Morgan fingerprint density at radius 3 is 2.33 bits per heavy atom. The van der Waals surface area contributed by atoms with Crippen molar-refractivity contribution in [2.75, 3.05) is 21.3 Å². The molecule has 1 rings (SSSR count). The smallest absolute Gasteiger partial charge is 0.412 e. The zero-order chi connectivity index (χ0) is 11.1. The Balaban J connectivity index is 2.34. The van der Waals surface area contributed by atoms with Crippen LogP contribution in [-0.4, -0.2) is 30.1 Å². The van der Waals surface area contributed by atoms with Gasteiger partial charge in [0.1, 0.15) is 0 Å². The van der Waals surface area contributed by atoms with Crippen LogP contribution in [0.1, 0.15) is 6.42 Å². The molecule has 1 aromatic rings. The van der Waals surface area contributed by atoms with Crippen molar-refractivity contribution < 1.29 is 22.3 Å². The molecule has 0 amide bonds. The summed E-state index contributed by atoms with van der Waals surface area (Å²) in [6.07, 6.45) is 6.14. The lowest BCUT2D eigenvalue weighted by molar-refractivity contribution is -0.699. The van der Waals surface area contributed by atoms with Gasteiger partial charge in [0.25, 0.3) is 0 Å². The van der Waals surface area contributed by atoms with Crippen molar-refractivity contribution in [2.24, 2.45) is 0 Å². The summed E-state index contributed by atoms with van der Waals surface area (Å²) in [5.41, 5.74) is 0. The maximum Gasteiger partial charge on any atom is 0.500 e. The average molecular weight is 232 g/mol. The number of hydrogen-bond acceptors (Lipinski definition) is 4. The van der Waals surface area contributed by atoms with Crippen molar-refractivity contribution >= 4 is 8.80 Å². The minimum absolute atomic E-state index is 0.800. The molecular weight excluding hydrogens is 214 g/mol. The molecule has 0 aliphatic carbocycles. The molecule has 0 fully saturated rings. The summed E-state index contributed by atoms with van der Waals surface area (Å²) in [5.74, 6) is 0. The van der Waals surface area contributed by atoms with Crippen molar-refractivity contribution in [3.05, 3.63) is 18.9 Å². The maximum atomic E-state index is 5.32. The second-order valence-electron chi connectivity index (χ2n) is 3.16. The van der Waals surface area contributed by atoms with Crippen molar-refractivity contribution in [3.8, 4) is 0 Å². The summed E-state index contributed by atoms with van der Waals surface area (Å²) in [7, 11) is 2.49. The molecule has 86 valence electrons. The number of rotatable bonds is 7. The second kappa shape index (κ2) is 6.01. The van der Waals surface area contributed by atoms with E-state index < -0.39 is 8.80 Å². The van der Waals surface area contributed by atoms with Gasteiger partial charge in [-0.25, -0.2) is 0 Å². The number of aryl methyl sites for hydroxylation is 1. The van der Waals surface area contributed by atoms with Gasteiger partial charge in [0, 0.05) is 33.8 Å². The lowest BCUT2D eigenvalue weighted by Crippen LogP contribution is -2.43. The monoisotopic (exact) mass is 232 g/mol. The topological polar surface area (TPSA) is 44.7 Å². The van der Waals surface area contributed by atoms with E-state index in [1.54, 1.807) is 34.0 Å². The van der Waals surface area contributed by atoms with Crippen LogP contribution in [0.4, 0.5) is 0 Å². The molecule has 0 spiro atoms. The van der Waals surface area contributed by atoms with Gasteiger partial charge in [0.15, 0.2) is 12.8 Å². The fourth-order valence-electron chi connectivity index (χ4n) is 1.42. The van der Waals surface area contributed by atoms with E-state index in [0.29, 0.717) is 0 Å². The zero-order valence-electron chi connectivity index (χ0n) is 9.43. The van der Waals surface area contributed by atoms with Crippen molar-refractivity contribution in [2.45, 2.75) is 19.0 Å². The second-order valence-corrected chi connectivity index (χ2v) is 6.25. The molecular formula is C9H18NO4Si+. The first kappa shape index (κ1) is 12.4. The Kier molecular flexibility index (Phi) is 4.96. The average Bonchev–Trinajstić information content (AvgIpc) is 2.78. The van der Waals surface area contributed by atoms with E-state index in [1.165, 1.54) is 0 Å². The standard InChI is InChI=1S/C9H18NO4Si/c1-11-15(12-2,13-3)8-4-5-10-6-7-14-9-10/h6-7,9H,4-5,8H2,1-3H3/q+1. The number of aromatic nitrogens is 1. The largest absolute Gasteiger partial charge is 0.500 e. The fourth-order valence-corrected chi connectivity index (χ4v) is 3.13. The summed E-state index contributed by atoms with van der Waals surface area (Å²) < 4.78 is 22.9. The third-order valence-electron chi connectivity index (χ3n) is 2.36. The molecule has 0 aliphatic rings. The van der Waals surface area contributed by atoms with Gasteiger partial charge in [-0.2, -0.15) is 4.57 Å². The van der Waals surface area contributed by atoms with E-state index in [4.69, 9.17) is 17.7 Å². The Morgan fingerprint density at radius 2 is 1.87 bits per heavy atom. The van der Waals surface area contributed by atoms with Crippen LogP contribution in [0.25, 0.3) is 0 Å². The highest BCUT2D eigenvalue weighted by molar-refractivity contribution is 6.60. The van der Waals surface area contributed by atoms with Gasteiger partial charge < -0.3 is 17.7 Å². The van der Waals surface area contributed by atoms with E-state index in [9.17, 15) is 0 Å². The highest BCUT2D eigenvalue weighted by atomic mass is 28.4. The molecule has 6 heteroatoms. The molecule has 0 atom stereocenters. The van der Waals surface area contributed by atoms with Crippen molar-refractivity contribution in [1.82, 2.24) is 0 Å². The summed E-state index contributed by atoms with van der Waals surface area (Å²) in [6.45, 7) is 0.876. The van der Waals surface area contributed by atoms with Gasteiger partial charge in [-0.15, -0.1) is 0 Å². The molecule has 0 saturated carbocycles. The predicted octanol–water partition coefficient (Wildman–Crippen LogP) is 0.835. The molecule has 1 aromatic heterocycles. The van der Waals surface area contributed by atoms with Gasteiger partial charge in [-0.05, 0) is 0 Å². The van der Waals surface area contributed by atoms with E-state index >= 15 is 0 Å². The number of nitrogens with zero attached hydrogens (tertiary/aromatic N) is 1. The molecule has 1 heterocycles. The molecule has 0 bridgehead atoms. The highest BCUT2D eigenvalue weighted by Crippen LogP contribution is 2.14. The molecule has 0 unspecified atom stereocenters. The van der Waals surface area contributed by atoms with Crippen LogP contribution in [0.5, 0.6) is 0 Å². The fraction of sp³-hybridized carbons (Fsp3) is 0.667. The Labute approximate surface area is 90.9 Å². The van der Waals surface area contributed by atoms with Crippen LogP contribution in [0, 0.1) is 0 Å². The van der Waals surface area contributed by atoms with E-state index in [1.807, 2.05) is 10.8 Å². The van der Waals surface area contributed by atoms with Crippen molar-refractivity contribution in [1.29, 1.82) is 0 Å². The highest BCUT2D eigenvalue weighted by Gasteiger charge is 2.37. The minimum Gasteiger partial charge on any atom is -0.412 e. The Bertz CT molecular complexity index is 253. The van der Waals surface area contributed by atoms with Gasteiger partial charge in [-0.1, -0.05) is 0 Å². The normalized spacial score (nSPS) is 11.9. The first-order valence-corrected chi connectivity index (χ1v) is 6.76. The first-order chi connectivity index (χ1) is 7.26. The minimum atomic E-state index is -2.39. The van der Waals surface area contributed by atoms with E-state index in [-0.39, 0.29) is 0 Å². The molecule has 0 saturated heterocycles. The third kappa shape index (κ3) is 3.42. The molecule has 0 aliphatic heterocycles. The quantitative estimate of drug-likeness (QED) is 0.516. The summed E-state index contributed by atoms with van der Waals surface area (Å²) in [4.78, 5) is 0. The van der Waals surface area contributed by atoms with Crippen LogP contribution in [-0.2, 0) is 19.8 Å². The first-order valence-electron chi connectivity index (χ1n) is 4.83.